The van der Waals surface area contributed by atoms with E-state index in [2.05, 4.69) is 4.98 Å². The van der Waals surface area contributed by atoms with Crippen LogP contribution in [0.2, 0.25) is 0 Å². The first-order valence-corrected chi connectivity index (χ1v) is 5.02. The Kier molecular flexibility index (Phi) is 2.87. The van der Waals surface area contributed by atoms with Crippen molar-refractivity contribution in [3.8, 4) is 0 Å². The molecule has 0 radical (unpaired) electrons. The molecule has 0 aliphatic carbocycles. The van der Waals surface area contributed by atoms with Gasteiger partial charge in [-0.1, -0.05) is 0 Å². The zero-order valence-electron chi connectivity index (χ0n) is 8.81. The maximum Gasteiger partial charge on any atom is 0.104 e. The predicted molar refractivity (Wildman–Crippen MR) is 57.2 cm³/mol. The van der Waals surface area contributed by atoms with E-state index in [9.17, 15) is 0 Å². The van der Waals surface area contributed by atoms with E-state index in [0.717, 1.165) is 24.3 Å². The van der Waals surface area contributed by atoms with Crippen molar-refractivity contribution in [1.29, 1.82) is 0 Å². The van der Waals surface area contributed by atoms with Crippen molar-refractivity contribution in [2.24, 2.45) is 12.8 Å². The van der Waals surface area contributed by atoms with Gasteiger partial charge in [0.25, 0.3) is 0 Å². The fourth-order valence-electron chi connectivity index (χ4n) is 1.69. The molecule has 2 heterocycles. The third-order valence-corrected chi connectivity index (χ3v) is 2.53. The third-order valence-electron chi connectivity index (χ3n) is 2.53. The minimum Gasteiger partial charge on any atom is -0.469 e. The summed E-state index contributed by atoms with van der Waals surface area (Å²) in [4.78, 5) is 4.24. The highest BCUT2D eigenvalue weighted by Crippen LogP contribution is 2.10. The van der Waals surface area contributed by atoms with Gasteiger partial charge in [0.1, 0.15) is 5.76 Å². The average Bonchev–Trinajstić information content (AvgIpc) is 2.84. The fourth-order valence-corrected chi connectivity index (χ4v) is 1.69. The smallest absolute Gasteiger partial charge is 0.104 e. The lowest BCUT2D eigenvalue weighted by atomic mass is 10.1. The van der Waals surface area contributed by atoms with E-state index >= 15 is 0 Å². The molecule has 0 saturated carbocycles. The van der Waals surface area contributed by atoms with Crippen molar-refractivity contribution in [3.05, 3.63) is 41.9 Å². The Hall–Kier alpha value is -1.55. The summed E-state index contributed by atoms with van der Waals surface area (Å²) < 4.78 is 7.30. The van der Waals surface area contributed by atoms with Crippen molar-refractivity contribution in [2.45, 2.75) is 19.4 Å². The van der Waals surface area contributed by atoms with Crippen LogP contribution in [0.3, 0.4) is 0 Å². The fraction of sp³-hybridized carbons (Fsp3) is 0.364. The first-order valence-electron chi connectivity index (χ1n) is 5.02. The van der Waals surface area contributed by atoms with Gasteiger partial charge in [0.05, 0.1) is 18.3 Å². The molecule has 0 aliphatic rings. The van der Waals surface area contributed by atoms with Crippen LogP contribution in [-0.2, 0) is 26.4 Å². The molecule has 2 aromatic heterocycles. The first-order chi connectivity index (χ1) is 7.31. The van der Waals surface area contributed by atoms with Crippen molar-refractivity contribution in [3.63, 3.8) is 0 Å². The van der Waals surface area contributed by atoms with Crippen LogP contribution in [0.1, 0.15) is 17.1 Å². The zero-order valence-corrected chi connectivity index (χ0v) is 8.81. The lowest BCUT2D eigenvalue weighted by molar-refractivity contribution is 0.506. The van der Waals surface area contributed by atoms with Crippen LogP contribution in [-0.4, -0.2) is 9.55 Å². The van der Waals surface area contributed by atoms with Gasteiger partial charge in [-0.2, -0.15) is 0 Å². The lowest BCUT2D eigenvalue weighted by Gasteiger charge is -2.03. The van der Waals surface area contributed by atoms with E-state index in [0.29, 0.717) is 6.54 Å². The highest BCUT2D eigenvalue weighted by molar-refractivity contribution is 5.14. The highest BCUT2D eigenvalue weighted by Gasteiger charge is 2.07. The van der Waals surface area contributed by atoms with Gasteiger partial charge in [-0.05, 0) is 18.6 Å². The Balaban J connectivity index is 2.07. The van der Waals surface area contributed by atoms with E-state index < -0.39 is 0 Å². The molecule has 0 bridgehead atoms. The maximum atomic E-state index is 5.61. The molecule has 2 N–H and O–H groups in total. The van der Waals surface area contributed by atoms with Crippen molar-refractivity contribution < 1.29 is 4.42 Å². The van der Waals surface area contributed by atoms with Crippen LogP contribution in [0.4, 0.5) is 0 Å². The second kappa shape index (κ2) is 4.31. The SMILES string of the molecule is Cn1cnc(CN)c1CCc1ccco1. The maximum absolute atomic E-state index is 5.61. The summed E-state index contributed by atoms with van der Waals surface area (Å²) in [6.45, 7) is 0.494. The second-order valence-corrected chi connectivity index (χ2v) is 3.53. The first kappa shape index (κ1) is 9.98. The monoisotopic (exact) mass is 205 g/mol. The van der Waals surface area contributed by atoms with Gasteiger partial charge in [0.15, 0.2) is 0 Å². The summed E-state index contributed by atoms with van der Waals surface area (Å²) >= 11 is 0. The van der Waals surface area contributed by atoms with Gasteiger partial charge in [-0.25, -0.2) is 4.98 Å². The molecule has 0 amide bonds. The molecule has 4 nitrogen and oxygen atoms in total. The van der Waals surface area contributed by atoms with Crippen molar-refractivity contribution in [2.75, 3.05) is 0 Å². The van der Waals surface area contributed by atoms with Crippen LogP contribution in [0.5, 0.6) is 0 Å². The minimum absolute atomic E-state index is 0.494. The molecule has 80 valence electrons. The molecule has 15 heavy (non-hydrogen) atoms. The summed E-state index contributed by atoms with van der Waals surface area (Å²) in [5, 5.41) is 0. The molecule has 0 unspecified atom stereocenters. The molecule has 2 rings (SSSR count). The second-order valence-electron chi connectivity index (χ2n) is 3.53. The summed E-state index contributed by atoms with van der Waals surface area (Å²) in [6, 6.07) is 3.89. The number of rotatable bonds is 4. The number of furan rings is 1. The van der Waals surface area contributed by atoms with Gasteiger partial charge >= 0.3 is 0 Å². The number of aromatic nitrogens is 2. The highest BCUT2D eigenvalue weighted by atomic mass is 16.3. The Labute approximate surface area is 88.7 Å². The summed E-state index contributed by atoms with van der Waals surface area (Å²) in [5.41, 5.74) is 7.78. The molecule has 2 aromatic rings. The Bertz CT molecular complexity index is 417. The van der Waals surface area contributed by atoms with Crippen LogP contribution >= 0.6 is 0 Å². The van der Waals surface area contributed by atoms with E-state index in [1.165, 1.54) is 5.69 Å². The quantitative estimate of drug-likeness (QED) is 0.817. The van der Waals surface area contributed by atoms with Crippen LogP contribution < -0.4 is 5.73 Å². The summed E-state index contributed by atoms with van der Waals surface area (Å²) in [6.07, 6.45) is 5.30. The molecular weight excluding hydrogens is 190 g/mol. The van der Waals surface area contributed by atoms with Crippen molar-refractivity contribution >= 4 is 0 Å². The van der Waals surface area contributed by atoms with Crippen LogP contribution in [0.25, 0.3) is 0 Å². The topological polar surface area (TPSA) is 57.0 Å². The van der Waals surface area contributed by atoms with Crippen molar-refractivity contribution in [1.82, 2.24) is 9.55 Å². The molecule has 0 atom stereocenters. The van der Waals surface area contributed by atoms with Gasteiger partial charge < -0.3 is 14.7 Å². The number of aryl methyl sites for hydroxylation is 2. The van der Waals surface area contributed by atoms with Gasteiger partial charge in [-0.3, -0.25) is 0 Å². The molecule has 0 spiro atoms. The molecular formula is C11H15N3O. The largest absolute Gasteiger partial charge is 0.469 e. The van der Waals surface area contributed by atoms with Crippen LogP contribution in [0, 0.1) is 0 Å². The lowest BCUT2D eigenvalue weighted by Crippen LogP contribution is -2.05. The van der Waals surface area contributed by atoms with Crippen LogP contribution in [0.15, 0.2) is 29.1 Å². The molecule has 0 fully saturated rings. The van der Waals surface area contributed by atoms with Gasteiger partial charge in [0, 0.05) is 25.7 Å². The Morgan fingerprint density at radius 2 is 2.33 bits per heavy atom. The van der Waals surface area contributed by atoms with Gasteiger partial charge in [0.2, 0.25) is 0 Å². The molecule has 0 aliphatic heterocycles. The van der Waals surface area contributed by atoms with E-state index in [4.69, 9.17) is 10.2 Å². The summed E-state index contributed by atoms with van der Waals surface area (Å²) in [7, 11) is 1.99. The predicted octanol–water partition coefficient (Wildman–Crippen LogP) is 1.26. The number of hydrogen-bond acceptors (Lipinski definition) is 3. The van der Waals surface area contributed by atoms with E-state index in [1.54, 1.807) is 12.6 Å². The zero-order chi connectivity index (χ0) is 10.7. The number of imidazole rings is 1. The molecule has 0 aromatic carbocycles. The Morgan fingerprint density at radius 3 is 3.00 bits per heavy atom. The summed E-state index contributed by atoms with van der Waals surface area (Å²) in [5.74, 6) is 0.999. The van der Waals surface area contributed by atoms with Gasteiger partial charge in [-0.15, -0.1) is 0 Å². The number of nitrogens with two attached hydrogens (primary N) is 1. The number of nitrogens with zero attached hydrogens (tertiary/aromatic N) is 2. The third kappa shape index (κ3) is 2.10. The number of hydrogen-bond donors (Lipinski definition) is 1. The Morgan fingerprint density at radius 1 is 1.47 bits per heavy atom. The molecule has 4 heteroatoms. The standard InChI is InChI=1S/C11H15N3O/c1-14-8-13-10(7-12)11(14)5-4-9-3-2-6-15-9/h2-3,6,8H,4-5,7,12H2,1H3. The van der Waals surface area contributed by atoms with E-state index in [1.807, 2.05) is 23.7 Å². The van der Waals surface area contributed by atoms with E-state index in [-0.39, 0.29) is 0 Å². The molecule has 0 saturated heterocycles. The average molecular weight is 205 g/mol. The normalized spacial score (nSPS) is 10.8. The minimum atomic E-state index is 0.494.